The number of urea groups is 1. The van der Waals surface area contributed by atoms with Crippen LogP contribution in [-0.2, 0) is 16.2 Å². The summed E-state index contributed by atoms with van der Waals surface area (Å²) in [5.74, 6) is 0.628. The number of ether oxygens (including phenoxy) is 4. The molecule has 11 heteroatoms. The molecule has 2 aliphatic heterocycles. The third kappa shape index (κ3) is 5.18. The zero-order chi connectivity index (χ0) is 26.8. The highest BCUT2D eigenvalue weighted by molar-refractivity contribution is 9.10. The maximum absolute atomic E-state index is 13.2. The Hall–Kier alpha value is -4.02. The second kappa shape index (κ2) is 10.8. The van der Waals surface area contributed by atoms with Crippen LogP contribution in [0.1, 0.15) is 18.1 Å². The van der Waals surface area contributed by atoms with Gasteiger partial charge in [-0.05, 0) is 72.7 Å². The van der Waals surface area contributed by atoms with Crippen molar-refractivity contribution in [3.8, 4) is 23.0 Å². The largest absolute Gasteiger partial charge is 0.490 e. The standard InChI is InChI=1S/C27H20BrClN2O7/c1-2-35-23-11-16(20(28)12-24(23)36-13-15-3-8-21-22(9-15)38-14-37-21)10-19-25(32)30-27(34)31(26(19)33)18-6-4-17(29)5-7-18/h3-12H,2,13-14H2,1H3,(H,30,32,34)/b19-10+. The van der Waals surface area contributed by atoms with Gasteiger partial charge in [0.25, 0.3) is 11.8 Å². The molecule has 1 saturated heterocycles. The van der Waals surface area contributed by atoms with Gasteiger partial charge in [-0.2, -0.15) is 0 Å². The summed E-state index contributed by atoms with van der Waals surface area (Å²) < 4.78 is 23.1. The molecule has 0 aliphatic carbocycles. The van der Waals surface area contributed by atoms with E-state index in [-0.39, 0.29) is 24.7 Å². The lowest BCUT2D eigenvalue weighted by molar-refractivity contribution is -0.122. The molecular formula is C27H20BrClN2O7. The van der Waals surface area contributed by atoms with E-state index in [1.165, 1.54) is 18.2 Å². The Bertz CT molecular complexity index is 1470. The Kier molecular flexibility index (Phi) is 7.26. The quantitative estimate of drug-likeness (QED) is 0.284. The number of nitrogens with one attached hydrogen (secondary N) is 1. The summed E-state index contributed by atoms with van der Waals surface area (Å²) in [6, 6.07) is 14.2. The van der Waals surface area contributed by atoms with Crippen molar-refractivity contribution in [1.82, 2.24) is 5.32 Å². The lowest BCUT2D eigenvalue weighted by atomic mass is 10.1. The average molecular weight is 600 g/mol. The molecule has 9 nitrogen and oxygen atoms in total. The number of benzene rings is 3. The first kappa shape index (κ1) is 25.6. The van der Waals surface area contributed by atoms with Crippen LogP contribution in [0.3, 0.4) is 0 Å². The normalized spacial score (nSPS) is 15.6. The molecule has 0 radical (unpaired) electrons. The van der Waals surface area contributed by atoms with Gasteiger partial charge in [0.05, 0.1) is 12.3 Å². The van der Waals surface area contributed by atoms with E-state index in [1.54, 1.807) is 24.3 Å². The predicted molar refractivity (Wildman–Crippen MR) is 143 cm³/mol. The monoisotopic (exact) mass is 598 g/mol. The average Bonchev–Trinajstić information content (AvgIpc) is 3.36. The lowest BCUT2D eigenvalue weighted by Crippen LogP contribution is -2.54. The van der Waals surface area contributed by atoms with E-state index in [0.29, 0.717) is 44.7 Å². The number of carbonyl (C=O) groups is 3. The fourth-order valence-electron chi connectivity index (χ4n) is 3.87. The molecule has 0 bridgehead atoms. The maximum atomic E-state index is 13.2. The molecule has 0 unspecified atom stereocenters. The minimum atomic E-state index is -0.846. The first-order valence-corrected chi connectivity index (χ1v) is 12.7. The summed E-state index contributed by atoms with van der Waals surface area (Å²) in [6.07, 6.45) is 1.39. The fraction of sp³-hybridized carbons (Fsp3) is 0.148. The summed E-state index contributed by atoms with van der Waals surface area (Å²) in [6.45, 7) is 2.61. The van der Waals surface area contributed by atoms with Gasteiger partial charge in [0.2, 0.25) is 6.79 Å². The number of anilines is 1. The number of carbonyl (C=O) groups excluding carboxylic acids is 3. The van der Waals surface area contributed by atoms with Crippen LogP contribution in [0, 0.1) is 0 Å². The van der Waals surface area contributed by atoms with Crippen LogP contribution in [0.25, 0.3) is 6.08 Å². The molecule has 0 aromatic heterocycles. The number of fused-ring (bicyclic) bond motifs is 1. The molecule has 5 rings (SSSR count). The van der Waals surface area contributed by atoms with Gasteiger partial charge < -0.3 is 18.9 Å². The highest BCUT2D eigenvalue weighted by atomic mass is 79.9. The van der Waals surface area contributed by atoms with Gasteiger partial charge >= 0.3 is 6.03 Å². The molecule has 3 aromatic rings. The molecule has 2 aliphatic rings. The van der Waals surface area contributed by atoms with Crippen LogP contribution in [0.15, 0.2) is 64.6 Å². The number of hydrogen-bond donors (Lipinski definition) is 1. The van der Waals surface area contributed by atoms with Crippen LogP contribution in [-0.4, -0.2) is 31.2 Å². The van der Waals surface area contributed by atoms with E-state index in [9.17, 15) is 14.4 Å². The molecule has 1 fully saturated rings. The summed E-state index contributed by atoms with van der Waals surface area (Å²) >= 11 is 9.42. The maximum Gasteiger partial charge on any atom is 0.335 e. The van der Waals surface area contributed by atoms with Crippen molar-refractivity contribution in [3.05, 3.63) is 80.8 Å². The molecule has 3 aromatic carbocycles. The van der Waals surface area contributed by atoms with Crippen molar-refractivity contribution in [2.24, 2.45) is 0 Å². The Morgan fingerprint density at radius 1 is 1.00 bits per heavy atom. The number of hydrogen-bond acceptors (Lipinski definition) is 7. The molecule has 0 spiro atoms. The van der Waals surface area contributed by atoms with E-state index in [0.717, 1.165) is 10.5 Å². The molecule has 1 N–H and O–H groups in total. The van der Waals surface area contributed by atoms with E-state index in [2.05, 4.69) is 21.2 Å². The van der Waals surface area contributed by atoms with Crippen molar-refractivity contribution < 1.29 is 33.3 Å². The van der Waals surface area contributed by atoms with Gasteiger partial charge in [-0.3, -0.25) is 14.9 Å². The van der Waals surface area contributed by atoms with Crippen molar-refractivity contribution in [1.29, 1.82) is 0 Å². The summed E-state index contributed by atoms with van der Waals surface area (Å²) in [5, 5.41) is 2.65. The second-order valence-corrected chi connectivity index (χ2v) is 9.45. The van der Waals surface area contributed by atoms with E-state index < -0.39 is 17.8 Å². The molecule has 0 saturated carbocycles. The van der Waals surface area contributed by atoms with Crippen molar-refractivity contribution >= 4 is 57.1 Å². The van der Waals surface area contributed by atoms with Crippen molar-refractivity contribution in [2.75, 3.05) is 18.3 Å². The highest BCUT2D eigenvalue weighted by Crippen LogP contribution is 2.37. The highest BCUT2D eigenvalue weighted by Gasteiger charge is 2.37. The van der Waals surface area contributed by atoms with Gasteiger partial charge in [-0.15, -0.1) is 0 Å². The molecule has 194 valence electrons. The first-order valence-electron chi connectivity index (χ1n) is 11.5. The van der Waals surface area contributed by atoms with E-state index >= 15 is 0 Å². The van der Waals surface area contributed by atoms with Gasteiger partial charge in [0.15, 0.2) is 23.0 Å². The zero-order valence-electron chi connectivity index (χ0n) is 20.0. The number of barbiturate groups is 1. The van der Waals surface area contributed by atoms with Crippen LogP contribution >= 0.6 is 27.5 Å². The predicted octanol–water partition coefficient (Wildman–Crippen LogP) is 5.48. The lowest BCUT2D eigenvalue weighted by Gasteiger charge is -2.26. The van der Waals surface area contributed by atoms with Crippen LogP contribution in [0.5, 0.6) is 23.0 Å². The number of nitrogens with zero attached hydrogens (tertiary/aromatic N) is 1. The minimum absolute atomic E-state index is 0.185. The Labute approximate surface area is 231 Å². The topological polar surface area (TPSA) is 103 Å². The fourth-order valence-corrected chi connectivity index (χ4v) is 4.43. The van der Waals surface area contributed by atoms with Crippen LogP contribution in [0.4, 0.5) is 10.5 Å². The molecular weight excluding hydrogens is 580 g/mol. The first-order chi connectivity index (χ1) is 18.3. The third-order valence-corrected chi connectivity index (χ3v) is 6.62. The van der Waals surface area contributed by atoms with Crippen molar-refractivity contribution in [3.63, 3.8) is 0 Å². The van der Waals surface area contributed by atoms with Gasteiger partial charge in [-0.1, -0.05) is 33.6 Å². The number of amides is 4. The summed E-state index contributed by atoms with van der Waals surface area (Å²) in [4.78, 5) is 39.2. The number of imide groups is 2. The second-order valence-electron chi connectivity index (χ2n) is 8.16. The SMILES string of the molecule is CCOc1cc(/C=C2\C(=O)NC(=O)N(c3ccc(Cl)cc3)C2=O)c(Br)cc1OCc1ccc2c(c1)OCO2. The molecule has 0 atom stereocenters. The number of rotatable bonds is 7. The Balaban J connectivity index is 1.43. The van der Waals surface area contributed by atoms with E-state index in [4.69, 9.17) is 30.5 Å². The van der Waals surface area contributed by atoms with Crippen LogP contribution in [0.2, 0.25) is 5.02 Å². The Morgan fingerprint density at radius 2 is 1.74 bits per heavy atom. The smallest absolute Gasteiger partial charge is 0.335 e. The number of halogens is 2. The van der Waals surface area contributed by atoms with Gasteiger partial charge in [0.1, 0.15) is 12.2 Å². The molecule has 38 heavy (non-hydrogen) atoms. The Morgan fingerprint density at radius 3 is 2.50 bits per heavy atom. The van der Waals surface area contributed by atoms with Gasteiger partial charge in [0, 0.05) is 9.50 Å². The summed E-state index contributed by atoms with van der Waals surface area (Å²) in [7, 11) is 0. The molecule has 4 amide bonds. The van der Waals surface area contributed by atoms with Crippen molar-refractivity contribution in [2.45, 2.75) is 13.5 Å². The van der Waals surface area contributed by atoms with Crippen LogP contribution < -0.4 is 29.2 Å². The minimum Gasteiger partial charge on any atom is -0.490 e. The summed E-state index contributed by atoms with van der Waals surface area (Å²) in [5.41, 5.74) is 1.40. The third-order valence-electron chi connectivity index (χ3n) is 5.68. The molecule has 2 heterocycles. The van der Waals surface area contributed by atoms with Gasteiger partial charge in [-0.25, -0.2) is 9.69 Å². The van der Waals surface area contributed by atoms with E-state index in [1.807, 2.05) is 25.1 Å². The zero-order valence-corrected chi connectivity index (χ0v) is 22.3.